The molecular weight excluding hydrogens is 268 g/mol. The fourth-order valence-electron chi connectivity index (χ4n) is 1.79. The minimum atomic E-state index is -0.0297. The summed E-state index contributed by atoms with van der Waals surface area (Å²) in [6.45, 7) is 9.34. The number of ether oxygens (including phenoxy) is 2. The number of nitrogens with one attached hydrogen (secondary N) is 2. The van der Waals surface area contributed by atoms with Crippen LogP contribution in [0, 0.1) is 0 Å². The highest BCUT2D eigenvalue weighted by Crippen LogP contribution is 2.30. The molecule has 118 valence electrons. The molecular formula is C16H26N2O3. The Kier molecular flexibility index (Phi) is 6.49. The highest BCUT2D eigenvalue weighted by atomic mass is 16.5. The zero-order valence-electron chi connectivity index (χ0n) is 13.6. The summed E-state index contributed by atoms with van der Waals surface area (Å²) in [7, 11) is 1.58. The molecule has 1 aromatic carbocycles. The van der Waals surface area contributed by atoms with Crippen LogP contribution in [0.15, 0.2) is 18.2 Å². The lowest BCUT2D eigenvalue weighted by molar-refractivity contribution is -0.116. The second-order valence-electron chi connectivity index (χ2n) is 5.77. The van der Waals surface area contributed by atoms with Crippen LogP contribution in [0.2, 0.25) is 0 Å². The molecule has 0 aromatic heterocycles. The summed E-state index contributed by atoms with van der Waals surface area (Å²) in [5, 5.41) is 6.14. The van der Waals surface area contributed by atoms with E-state index < -0.39 is 0 Å². The van der Waals surface area contributed by atoms with E-state index in [0.29, 0.717) is 36.8 Å². The van der Waals surface area contributed by atoms with Crippen LogP contribution < -0.4 is 20.1 Å². The van der Waals surface area contributed by atoms with Crippen molar-refractivity contribution in [3.05, 3.63) is 18.2 Å². The Morgan fingerprint density at radius 1 is 1.24 bits per heavy atom. The fourth-order valence-corrected chi connectivity index (χ4v) is 1.79. The van der Waals surface area contributed by atoms with E-state index in [1.165, 1.54) is 0 Å². The summed E-state index contributed by atoms with van der Waals surface area (Å²) in [4.78, 5) is 11.9. The Balaban J connectivity index is 2.56. The lowest BCUT2D eigenvalue weighted by Crippen LogP contribution is -2.37. The number of anilines is 1. The molecule has 0 aliphatic carbocycles. The molecule has 0 aliphatic rings. The first-order valence-corrected chi connectivity index (χ1v) is 7.21. The molecule has 1 rings (SSSR count). The summed E-state index contributed by atoms with van der Waals surface area (Å²) in [6, 6.07) is 5.37. The lowest BCUT2D eigenvalue weighted by Gasteiger charge is -2.20. The highest BCUT2D eigenvalue weighted by Gasteiger charge is 2.11. The molecule has 1 aromatic rings. The van der Waals surface area contributed by atoms with E-state index >= 15 is 0 Å². The first-order chi connectivity index (χ1) is 9.85. The van der Waals surface area contributed by atoms with Crippen molar-refractivity contribution in [3.8, 4) is 11.5 Å². The summed E-state index contributed by atoms with van der Waals surface area (Å²) < 4.78 is 10.7. The summed E-state index contributed by atoms with van der Waals surface area (Å²) >= 11 is 0. The molecule has 0 fully saturated rings. The summed E-state index contributed by atoms with van der Waals surface area (Å²) in [6.07, 6.45) is 0.423. The van der Waals surface area contributed by atoms with Gasteiger partial charge in [0.25, 0.3) is 0 Å². The molecule has 0 saturated carbocycles. The minimum absolute atomic E-state index is 0.0165. The van der Waals surface area contributed by atoms with E-state index in [4.69, 9.17) is 9.47 Å². The SMILES string of the molecule is CCOc1ccc(NC(=O)CCNC(C)(C)C)cc1OC. The number of benzene rings is 1. The van der Waals surface area contributed by atoms with Crippen LogP contribution >= 0.6 is 0 Å². The maximum atomic E-state index is 11.9. The topological polar surface area (TPSA) is 59.6 Å². The fraction of sp³-hybridized carbons (Fsp3) is 0.562. The largest absolute Gasteiger partial charge is 0.493 e. The average molecular weight is 294 g/mol. The van der Waals surface area contributed by atoms with Gasteiger partial charge in [-0.05, 0) is 39.8 Å². The number of carbonyl (C=O) groups excluding carboxylic acids is 1. The molecule has 21 heavy (non-hydrogen) atoms. The Bertz CT molecular complexity index is 467. The van der Waals surface area contributed by atoms with Crippen molar-refractivity contribution in [2.75, 3.05) is 25.6 Å². The number of amides is 1. The molecule has 5 heteroatoms. The van der Waals surface area contributed by atoms with Crippen molar-refractivity contribution in [3.63, 3.8) is 0 Å². The third kappa shape index (κ3) is 6.49. The van der Waals surface area contributed by atoms with Gasteiger partial charge < -0.3 is 20.1 Å². The van der Waals surface area contributed by atoms with Gasteiger partial charge in [-0.2, -0.15) is 0 Å². The van der Waals surface area contributed by atoms with Crippen LogP contribution in [0.3, 0.4) is 0 Å². The number of rotatable bonds is 7. The Morgan fingerprint density at radius 2 is 1.95 bits per heavy atom. The zero-order chi connectivity index (χ0) is 15.9. The number of hydrogen-bond acceptors (Lipinski definition) is 4. The monoisotopic (exact) mass is 294 g/mol. The van der Waals surface area contributed by atoms with Gasteiger partial charge in [-0.15, -0.1) is 0 Å². The van der Waals surface area contributed by atoms with E-state index in [1.54, 1.807) is 19.2 Å². The molecule has 0 heterocycles. The summed E-state index contributed by atoms with van der Waals surface area (Å²) in [5.74, 6) is 1.26. The first kappa shape index (κ1) is 17.3. The molecule has 0 aliphatic heterocycles. The number of methoxy groups -OCH3 is 1. The third-order valence-corrected chi connectivity index (χ3v) is 2.75. The molecule has 0 atom stereocenters. The molecule has 2 N–H and O–H groups in total. The van der Waals surface area contributed by atoms with Gasteiger partial charge in [-0.1, -0.05) is 0 Å². The van der Waals surface area contributed by atoms with Crippen molar-refractivity contribution in [1.82, 2.24) is 5.32 Å². The van der Waals surface area contributed by atoms with Crippen molar-refractivity contribution >= 4 is 11.6 Å². The predicted molar refractivity (Wildman–Crippen MR) is 85.2 cm³/mol. The average Bonchev–Trinajstić information content (AvgIpc) is 2.39. The first-order valence-electron chi connectivity index (χ1n) is 7.21. The summed E-state index contributed by atoms with van der Waals surface area (Å²) in [5.41, 5.74) is 0.721. The zero-order valence-corrected chi connectivity index (χ0v) is 13.6. The molecule has 0 spiro atoms. The van der Waals surface area contributed by atoms with Crippen LogP contribution in [0.5, 0.6) is 11.5 Å². The normalized spacial score (nSPS) is 11.1. The Hall–Kier alpha value is -1.75. The minimum Gasteiger partial charge on any atom is -0.493 e. The standard InChI is InChI=1S/C16H26N2O3/c1-6-21-13-8-7-12(11-14(13)20-5)18-15(19)9-10-17-16(2,3)4/h7-8,11,17H,6,9-10H2,1-5H3,(H,18,19). The van der Waals surface area contributed by atoms with Gasteiger partial charge >= 0.3 is 0 Å². The van der Waals surface area contributed by atoms with Gasteiger partial charge in [0.15, 0.2) is 11.5 Å². The maximum absolute atomic E-state index is 11.9. The van der Waals surface area contributed by atoms with Gasteiger partial charge in [-0.3, -0.25) is 4.79 Å². The van der Waals surface area contributed by atoms with Crippen LogP contribution in [0.25, 0.3) is 0 Å². The van der Waals surface area contributed by atoms with E-state index in [1.807, 2.05) is 13.0 Å². The van der Waals surface area contributed by atoms with E-state index in [2.05, 4.69) is 31.4 Å². The second kappa shape index (κ2) is 7.88. The van der Waals surface area contributed by atoms with Crippen molar-refractivity contribution in [2.24, 2.45) is 0 Å². The van der Waals surface area contributed by atoms with Crippen LogP contribution in [-0.4, -0.2) is 31.7 Å². The number of hydrogen-bond donors (Lipinski definition) is 2. The third-order valence-electron chi connectivity index (χ3n) is 2.75. The van der Waals surface area contributed by atoms with E-state index in [0.717, 1.165) is 0 Å². The van der Waals surface area contributed by atoms with Crippen LogP contribution in [0.4, 0.5) is 5.69 Å². The smallest absolute Gasteiger partial charge is 0.225 e. The lowest BCUT2D eigenvalue weighted by atomic mass is 10.1. The van der Waals surface area contributed by atoms with Crippen molar-refractivity contribution in [1.29, 1.82) is 0 Å². The highest BCUT2D eigenvalue weighted by molar-refractivity contribution is 5.91. The van der Waals surface area contributed by atoms with Crippen molar-refractivity contribution < 1.29 is 14.3 Å². The maximum Gasteiger partial charge on any atom is 0.225 e. The molecule has 5 nitrogen and oxygen atoms in total. The van der Waals surface area contributed by atoms with Gasteiger partial charge in [0.2, 0.25) is 5.91 Å². The quantitative estimate of drug-likeness (QED) is 0.812. The van der Waals surface area contributed by atoms with Gasteiger partial charge in [-0.25, -0.2) is 0 Å². The number of carbonyl (C=O) groups is 1. The van der Waals surface area contributed by atoms with Crippen molar-refractivity contribution in [2.45, 2.75) is 39.7 Å². The van der Waals surface area contributed by atoms with Gasteiger partial charge in [0.05, 0.1) is 13.7 Å². The van der Waals surface area contributed by atoms with E-state index in [9.17, 15) is 4.79 Å². The molecule has 0 radical (unpaired) electrons. The Morgan fingerprint density at radius 3 is 2.52 bits per heavy atom. The Labute approximate surface area is 127 Å². The van der Waals surface area contributed by atoms with Crippen LogP contribution in [-0.2, 0) is 4.79 Å². The van der Waals surface area contributed by atoms with Gasteiger partial charge in [0.1, 0.15) is 0 Å². The molecule has 0 saturated heterocycles. The van der Waals surface area contributed by atoms with Gasteiger partial charge in [0, 0.05) is 30.3 Å². The molecule has 0 unspecified atom stereocenters. The van der Waals surface area contributed by atoms with E-state index in [-0.39, 0.29) is 11.4 Å². The second-order valence-corrected chi connectivity index (χ2v) is 5.77. The van der Waals surface area contributed by atoms with Crippen LogP contribution in [0.1, 0.15) is 34.1 Å². The predicted octanol–water partition coefficient (Wildman–Crippen LogP) is 2.81. The molecule has 1 amide bonds. The molecule has 0 bridgehead atoms.